The van der Waals surface area contributed by atoms with E-state index in [0.29, 0.717) is 34.1 Å². The summed E-state index contributed by atoms with van der Waals surface area (Å²) in [7, 11) is 1.70. The minimum atomic E-state index is -0.410. The highest BCUT2D eigenvalue weighted by atomic mass is 16.5. The Morgan fingerprint density at radius 1 is 1.00 bits per heavy atom. The molecule has 0 aliphatic rings. The summed E-state index contributed by atoms with van der Waals surface area (Å²) in [5.41, 5.74) is 6.64. The summed E-state index contributed by atoms with van der Waals surface area (Å²) in [6, 6.07) is 18.1. The maximum Gasteiger partial charge on any atom is 0.277 e. The van der Waals surface area contributed by atoms with Crippen molar-refractivity contribution in [2.45, 2.75) is 13.8 Å². The minimum absolute atomic E-state index is 0.251. The van der Waals surface area contributed by atoms with E-state index in [1.165, 1.54) is 4.68 Å². The lowest BCUT2D eigenvalue weighted by atomic mass is 10.1. The molecule has 0 unspecified atom stereocenters. The molecule has 0 aliphatic carbocycles. The van der Waals surface area contributed by atoms with Crippen LogP contribution in [0.1, 0.15) is 39.1 Å². The van der Waals surface area contributed by atoms with Crippen LogP contribution in [0.3, 0.4) is 0 Å². The van der Waals surface area contributed by atoms with Crippen molar-refractivity contribution in [3.63, 3.8) is 0 Å². The van der Waals surface area contributed by atoms with Crippen molar-refractivity contribution in [1.29, 1.82) is 0 Å². The number of benzene rings is 2. The summed E-state index contributed by atoms with van der Waals surface area (Å²) in [5.74, 6) is -0.251. The molecular formula is C24H22N6O3. The molecule has 2 heterocycles. The molecule has 2 aromatic carbocycles. The Bertz CT molecular complexity index is 1320. The molecule has 0 atom stereocenters. The first-order chi connectivity index (χ1) is 15.9. The lowest BCUT2D eigenvalue weighted by Gasteiger charge is -2.07. The first-order valence-electron chi connectivity index (χ1n) is 10.2. The zero-order valence-corrected chi connectivity index (χ0v) is 18.4. The SMILES string of the molecule is C/C(=N\NC(=O)c1c(-c2ccccc2)noc1C)c1ccc(NC(=O)c2ccnn2C)cc1. The Morgan fingerprint density at radius 2 is 1.73 bits per heavy atom. The summed E-state index contributed by atoms with van der Waals surface area (Å²) in [5, 5.41) is 15.1. The molecule has 2 amide bonds. The lowest BCUT2D eigenvalue weighted by Crippen LogP contribution is -2.20. The van der Waals surface area contributed by atoms with Crippen LogP contribution >= 0.6 is 0 Å². The molecule has 9 nitrogen and oxygen atoms in total. The van der Waals surface area contributed by atoms with Crippen molar-refractivity contribution in [1.82, 2.24) is 20.4 Å². The normalized spacial score (nSPS) is 11.3. The molecule has 0 aliphatic heterocycles. The molecule has 166 valence electrons. The highest BCUT2D eigenvalue weighted by molar-refractivity contribution is 6.05. The van der Waals surface area contributed by atoms with Gasteiger partial charge in [0.1, 0.15) is 22.7 Å². The smallest absolute Gasteiger partial charge is 0.277 e. The van der Waals surface area contributed by atoms with E-state index in [4.69, 9.17) is 4.52 Å². The second kappa shape index (κ2) is 9.31. The van der Waals surface area contributed by atoms with Gasteiger partial charge >= 0.3 is 0 Å². The van der Waals surface area contributed by atoms with Gasteiger partial charge < -0.3 is 9.84 Å². The van der Waals surface area contributed by atoms with Crippen molar-refractivity contribution in [2.24, 2.45) is 12.1 Å². The highest BCUT2D eigenvalue weighted by Crippen LogP contribution is 2.25. The number of aromatic nitrogens is 3. The highest BCUT2D eigenvalue weighted by Gasteiger charge is 2.21. The zero-order chi connectivity index (χ0) is 23.4. The molecule has 0 saturated carbocycles. The topological polar surface area (TPSA) is 114 Å². The number of nitrogens with one attached hydrogen (secondary N) is 2. The van der Waals surface area contributed by atoms with Crippen LogP contribution in [0.2, 0.25) is 0 Å². The Labute approximate surface area is 190 Å². The van der Waals surface area contributed by atoms with E-state index in [1.54, 1.807) is 45.3 Å². The second-order valence-electron chi connectivity index (χ2n) is 7.34. The molecule has 2 aromatic heterocycles. The number of carbonyl (C=O) groups is 2. The molecule has 2 N–H and O–H groups in total. The van der Waals surface area contributed by atoms with Crippen molar-refractivity contribution >= 4 is 23.2 Å². The van der Waals surface area contributed by atoms with E-state index < -0.39 is 5.91 Å². The third kappa shape index (κ3) is 4.72. The van der Waals surface area contributed by atoms with Crippen LogP contribution in [0.4, 0.5) is 5.69 Å². The number of carbonyl (C=O) groups excluding carboxylic acids is 2. The van der Waals surface area contributed by atoms with E-state index in [1.807, 2.05) is 42.5 Å². The number of rotatable bonds is 6. The minimum Gasteiger partial charge on any atom is -0.360 e. The lowest BCUT2D eigenvalue weighted by molar-refractivity contribution is 0.0952. The fourth-order valence-electron chi connectivity index (χ4n) is 3.27. The Hall–Kier alpha value is -4.53. The molecule has 0 fully saturated rings. The fourth-order valence-corrected chi connectivity index (χ4v) is 3.27. The zero-order valence-electron chi connectivity index (χ0n) is 18.4. The Kier molecular flexibility index (Phi) is 6.12. The largest absolute Gasteiger partial charge is 0.360 e. The predicted molar refractivity (Wildman–Crippen MR) is 124 cm³/mol. The standard InChI is InChI=1S/C24H22N6O3/c1-15(17-9-11-19(12-10-17)26-23(31)20-13-14-25-30(20)3)27-28-24(32)21-16(2)33-29-22(21)18-7-5-4-6-8-18/h4-14H,1-3H3,(H,26,31)(H,28,32)/b27-15+. The third-order valence-electron chi connectivity index (χ3n) is 5.08. The van der Waals surface area contributed by atoms with Crippen molar-refractivity contribution in [2.75, 3.05) is 5.32 Å². The summed E-state index contributed by atoms with van der Waals surface area (Å²) in [6.45, 7) is 3.46. The molecule has 9 heteroatoms. The van der Waals surface area contributed by atoms with Gasteiger partial charge in [-0.3, -0.25) is 14.3 Å². The van der Waals surface area contributed by atoms with Gasteiger partial charge in [-0.1, -0.05) is 47.6 Å². The number of anilines is 1. The molecule has 0 spiro atoms. The van der Waals surface area contributed by atoms with Crippen LogP contribution in [0.25, 0.3) is 11.3 Å². The van der Waals surface area contributed by atoms with Crippen LogP contribution in [-0.4, -0.2) is 32.5 Å². The average Bonchev–Trinajstić information content (AvgIpc) is 3.43. The van der Waals surface area contributed by atoms with Gasteiger partial charge in [0.25, 0.3) is 11.8 Å². The molecule has 33 heavy (non-hydrogen) atoms. The quantitative estimate of drug-likeness (QED) is 0.348. The number of hydrogen-bond acceptors (Lipinski definition) is 6. The summed E-state index contributed by atoms with van der Waals surface area (Å²) in [6.07, 6.45) is 1.57. The van der Waals surface area contributed by atoms with Crippen molar-refractivity contribution in [3.05, 3.63) is 89.4 Å². The van der Waals surface area contributed by atoms with E-state index >= 15 is 0 Å². The monoisotopic (exact) mass is 442 g/mol. The molecule has 4 aromatic rings. The summed E-state index contributed by atoms with van der Waals surface area (Å²) in [4.78, 5) is 25.1. The van der Waals surface area contributed by atoms with E-state index in [9.17, 15) is 9.59 Å². The third-order valence-corrected chi connectivity index (χ3v) is 5.08. The fraction of sp³-hybridized carbons (Fsp3) is 0.125. The molecule has 0 radical (unpaired) electrons. The maximum atomic E-state index is 12.8. The molecular weight excluding hydrogens is 420 g/mol. The van der Waals surface area contributed by atoms with Crippen LogP contribution < -0.4 is 10.7 Å². The van der Waals surface area contributed by atoms with Gasteiger partial charge in [0.05, 0.1) is 5.71 Å². The predicted octanol–water partition coefficient (Wildman–Crippen LogP) is 3.79. The van der Waals surface area contributed by atoms with Crippen molar-refractivity contribution < 1.29 is 14.1 Å². The molecule has 0 bridgehead atoms. The van der Waals surface area contributed by atoms with Crippen LogP contribution in [-0.2, 0) is 7.05 Å². The van der Waals surface area contributed by atoms with Crippen molar-refractivity contribution in [3.8, 4) is 11.3 Å². The van der Waals surface area contributed by atoms with Crippen LogP contribution in [0, 0.1) is 6.92 Å². The van der Waals surface area contributed by atoms with Gasteiger partial charge in [0.2, 0.25) is 0 Å². The average molecular weight is 442 g/mol. The van der Waals surface area contributed by atoms with Gasteiger partial charge in [0, 0.05) is 24.5 Å². The Balaban J connectivity index is 1.44. The second-order valence-corrected chi connectivity index (χ2v) is 7.34. The van der Waals surface area contributed by atoms with Gasteiger partial charge in [-0.05, 0) is 37.6 Å². The number of aryl methyl sites for hydroxylation is 2. The van der Waals surface area contributed by atoms with Gasteiger partial charge in [-0.25, -0.2) is 5.43 Å². The van der Waals surface area contributed by atoms with Crippen LogP contribution in [0.15, 0.2) is 76.5 Å². The van der Waals surface area contributed by atoms with E-state index in [2.05, 4.69) is 26.1 Å². The molecule has 4 rings (SSSR count). The van der Waals surface area contributed by atoms with Crippen LogP contribution in [0.5, 0.6) is 0 Å². The number of hydrogen-bond donors (Lipinski definition) is 2. The van der Waals surface area contributed by atoms with Gasteiger partial charge in [-0.15, -0.1) is 0 Å². The first-order valence-corrected chi connectivity index (χ1v) is 10.2. The number of amides is 2. The maximum absolute atomic E-state index is 12.8. The first kappa shape index (κ1) is 21.7. The Morgan fingerprint density at radius 3 is 2.39 bits per heavy atom. The van der Waals surface area contributed by atoms with Gasteiger partial charge in [-0.2, -0.15) is 10.2 Å². The van der Waals surface area contributed by atoms with E-state index in [-0.39, 0.29) is 5.91 Å². The van der Waals surface area contributed by atoms with Gasteiger partial charge in [0.15, 0.2) is 0 Å². The summed E-state index contributed by atoms with van der Waals surface area (Å²) < 4.78 is 6.75. The summed E-state index contributed by atoms with van der Waals surface area (Å²) >= 11 is 0. The molecule has 0 saturated heterocycles. The van der Waals surface area contributed by atoms with E-state index in [0.717, 1.165) is 11.1 Å². The number of nitrogens with zero attached hydrogens (tertiary/aromatic N) is 4. The number of hydrazone groups is 1.